The maximum atomic E-state index is 5.49. The largest absolute Gasteiger partial charge is 0.330 e. The van der Waals surface area contributed by atoms with E-state index in [1.54, 1.807) is 0 Å². The third-order valence-corrected chi connectivity index (χ3v) is 2.71. The third-order valence-electron chi connectivity index (χ3n) is 2.06. The Morgan fingerprint density at radius 1 is 1.56 bits per heavy atom. The molecule has 2 N–H and O–H groups in total. The van der Waals surface area contributed by atoms with E-state index in [4.69, 9.17) is 5.73 Å². The Morgan fingerprint density at radius 3 is 2.78 bits per heavy atom. The van der Waals surface area contributed by atoms with Crippen LogP contribution in [0.2, 0.25) is 0 Å². The molecule has 0 aromatic carbocycles. The molecule has 0 aromatic rings. The molecule has 1 rings (SSSR count). The van der Waals surface area contributed by atoms with Gasteiger partial charge in [-0.05, 0) is 43.2 Å². The van der Waals surface area contributed by atoms with Crippen molar-refractivity contribution >= 4 is 11.8 Å². The van der Waals surface area contributed by atoms with Gasteiger partial charge in [0, 0.05) is 0 Å². The standard InChI is InChI=1S/C7H15NS/c1-9-3-2-6-4-7(6)5-8/h6-7H,2-5,8H2,1H3. The minimum atomic E-state index is 0.886. The third kappa shape index (κ3) is 2.18. The summed E-state index contributed by atoms with van der Waals surface area (Å²) < 4.78 is 0. The molecule has 1 fully saturated rings. The van der Waals surface area contributed by atoms with E-state index < -0.39 is 0 Å². The van der Waals surface area contributed by atoms with Crippen molar-refractivity contribution < 1.29 is 0 Å². The Kier molecular flexibility index (Phi) is 2.86. The molecule has 0 heterocycles. The van der Waals surface area contributed by atoms with Crippen LogP contribution in [0.5, 0.6) is 0 Å². The second-order valence-electron chi connectivity index (χ2n) is 2.77. The summed E-state index contributed by atoms with van der Waals surface area (Å²) >= 11 is 1.94. The summed E-state index contributed by atoms with van der Waals surface area (Å²) in [5.41, 5.74) is 5.49. The van der Waals surface area contributed by atoms with Gasteiger partial charge in [0.2, 0.25) is 0 Å². The van der Waals surface area contributed by atoms with Crippen LogP contribution in [0.4, 0.5) is 0 Å². The zero-order valence-electron chi connectivity index (χ0n) is 5.97. The first-order valence-corrected chi connectivity index (χ1v) is 4.97. The smallest absolute Gasteiger partial charge is 0.00461 e. The van der Waals surface area contributed by atoms with Gasteiger partial charge in [0.1, 0.15) is 0 Å². The van der Waals surface area contributed by atoms with Gasteiger partial charge in [0.05, 0.1) is 0 Å². The van der Waals surface area contributed by atoms with Gasteiger partial charge in [-0.1, -0.05) is 0 Å². The second kappa shape index (κ2) is 3.47. The van der Waals surface area contributed by atoms with Gasteiger partial charge in [-0.2, -0.15) is 11.8 Å². The highest BCUT2D eigenvalue weighted by Crippen LogP contribution is 2.40. The van der Waals surface area contributed by atoms with Crippen molar-refractivity contribution in [1.82, 2.24) is 0 Å². The lowest BCUT2D eigenvalue weighted by Gasteiger charge is -1.93. The second-order valence-corrected chi connectivity index (χ2v) is 3.76. The van der Waals surface area contributed by atoms with Crippen LogP contribution in [0.3, 0.4) is 0 Å². The predicted molar refractivity (Wildman–Crippen MR) is 43.7 cm³/mol. The Bertz CT molecular complexity index is 85.0. The molecule has 0 amide bonds. The summed E-state index contributed by atoms with van der Waals surface area (Å²) in [4.78, 5) is 0. The van der Waals surface area contributed by atoms with Crippen LogP contribution >= 0.6 is 11.8 Å². The highest BCUT2D eigenvalue weighted by atomic mass is 32.2. The van der Waals surface area contributed by atoms with Crippen LogP contribution in [0.15, 0.2) is 0 Å². The molecule has 1 aliphatic carbocycles. The lowest BCUT2D eigenvalue weighted by Crippen LogP contribution is -2.02. The fourth-order valence-electron chi connectivity index (χ4n) is 1.22. The van der Waals surface area contributed by atoms with Crippen molar-refractivity contribution in [3.05, 3.63) is 0 Å². The van der Waals surface area contributed by atoms with Gasteiger partial charge in [0.25, 0.3) is 0 Å². The highest BCUT2D eigenvalue weighted by molar-refractivity contribution is 7.98. The van der Waals surface area contributed by atoms with Crippen molar-refractivity contribution in [1.29, 1.82) is 0 Å². The first kappa shape index (κ1) is 7.42. The van der Waals surface area contributed by atoms with Gasteiger partial charge in [-0.15, -0.1) is 0 Å². The van der Waals surface area contributed by atoms with Crippen LogP contribution in [0.25, 0.3) is 0 Å². The van der Waals surface area contributed by atoms with E-state index in [2.05, 4.69) is 6.26 Å². The normalized spacial score (nSPS) is 32.7. The van der Waals surface area contributed by atoms with Crippen LogP contribution in [-0.4, -0.2) is 18.6 Å². The van der Waals surface area contributed by atoms with Gasteiger partial charge >= 0.3 is 0 Å². The van der Waals surface area contributed by atoms with Crippen LogP contribution in [0, 0.1) is 11.8 Å². The van der Waals surface area contributed by atoms with Crippen LogP contribution in [0.1, 0.15) is 12.8 Å². The van der Waals surface area contributed by atoms with Gasteiger partial charge in [0.15, 0.2) is 0 Å². The lowest BCUT2D eigenvalue weighted by molar-refractivity contribution is 0.693. The van der Waals surface area contributed by atoms with Gasteiger partial charge in [-0.25, -0.2) is 0 Å². The molecule has 9 heavy (non-hydrogen) atoms. The average Bonchev–Trinajstić information content (AvgIpc) is 2.62. The molecular formula is C7H15NS. The SMILES string of the molecule is CSCCC1CC1CN. The molecule has 0 radical (unpaired) electrons. The lowest BCUT2D eigenvalue weighted by atomic mass is 10.2. The summed E-state index contributed by atoms with van der Waals surface area (Å²) in [5, 5.41) is 0. The number of thioether (sulfide) groups is 1. The molecule has 1 saturated carbocycles. The molecule has 0 aliphatic heterocycles. The number of nitrogens with two attached hydrogens (primary N) is 1. The average molecular weight is 145 g/mol. The van der Waals surface area contributed by atoms with Crippen molar-refractivity contribution in [2.24, 2.45) is 17.6 Å². The van der Waals surface area contributed by atoms with E-state index in [0.717, 1.165) is 18.4 Å². The molecule has 0 aromatic heterocycles. The van der Waals surface area contributed by atoms with Gasteiger partial charge in [-0.3, -0.25) is 0 Å². The first-order valence-electron chi connectivity index (χ1n) is 3.57. The molecule has 0 saturated heterocycles. The Hall–Kier alpha value is 0.310. The minimum absolute atomic E-state index is 0.886. The van der Waals surface area contributed by atoms with Crippen molar-refractivity contribution in [3.63, 3.8) is 0 Å². The maximum absolute atomic E-state index is 5.49. The van der Waals surface area contributed by atoms with Crippen LogP contribution in [-0.2, 0) is 0 Å². The number of hydrogen-bond donors (Lipinski definition) is 1. The van der Waals surface area contributed by atoms with Crippen molar-refractivity contribution in [2.45, 2.75) is 12.8 Å². The van der Waals surface area contributed by atoms with E-state index in [1.807, 2.05) is 11.8 Å². The van der Waals surface area contributed by atoms with E-state index in [1.165, 1.54) is 18.6 Å². The fraction of sp³-hybridized carbons (Fsp3) is 1.00. The fourth-order valence-corrected chi connectivity index (χ4v) is 1.76. The monoisotopic (exact) mass is 145 g/mol. The molecule has 2 heteroatoms. The summed E-state index contributed by atoms with van der Waals surface area (Å²) in [7, 11) is 0. The Labute approximate surface area is 61.4 Å². The molecule has 2 unspecified atom stereocenters. The Morgan fingerprint density at radius 2 is 2.33 bits per heavy atom. The molecule has 1 nitrogen and oxygen atoms in total. The molecule has 54 valence electrons. The van der Waals surface area contributed by atoms with E-state index in [9.17, 15) is 0 Å². The predicted octanol–water partition coefficient (Wildman–Crippen LogP) is 1.33. The Balaban J connectivity index is 1.92. The topological polar surface area (TPSA) is 26.0 Å². The molecule has 0 bridgehead atoms. The molecule has 1 aliphatic rings. The number of rotatable bonds is 4. The summed E-state index contributed by atoms with van der Waals surface area (Å²) in [6, 6.07) is 0. The highest BCUT2D eigenvalue weighted by Gasteiger charge is 2.34. The van der Waals surface area contributed by atoms with Crippen molar-refractivity contribution in [2.75, 3.05) is 18.6 Å². The summed E-state index contributed by atoms with van der Waals surface area (Å²) in [5.74, 6) is 3.20. The van der Waals surface area contributed by atoms with Gasteiger partial charge < -0.3 is 5.73 Å². The summed E-state index contributed by atoms with van der Waals surface area (Å²) in [6.07, 6.45) is 4.96. The maximum Gasteiger partial charge on any atom is -0.00461 e. The number of hydrogen-bond acceptors (Lipinski definition) is 2. The van der Waals surface area contributed by atoms with E-state index in [0.29, 0.717) is 0 Å². The van der Waals surface area contributed by atoms with Crippen molar-refractivity contribution in [3.8, 4) is 0 Å². The molecule has 0 spiro atoms. The van der Waals surface area contributed by atoms with E-state index >= 15 is 0 Å². The molecular weight excluding hydrogens is 130 g/mol. The quantitative estimate of drug-likeness (QED) is 0.646. The summed E-state index contributed by atoms with van der Waals surface area (Å²) in [6.45, 7) is 0.916. The molecule has 2 atom stereocenters. The zero-order chi connectivity index (χ0) is 6.69. The zero-order valence-corrected chi connectivity index (χ0v) is 6.79. The van der Waals surface area contributed by atoms with Crippen LogP contribution < -0.4 is 5.73 Å². The first-order chi connectivity index (χ1) is 4.38. The minimum Gasteiger partial charge on any atom is -0.330 e. The van der Waals surface area contributed by atoms with E-state index in [-0.39, 0.29) is 0 Å².